The summed E-state index contributed by atoms with van der Waals surface area (Å²) in [4.78, 5) is 11.7. The van der Waals surface area contributed by atoms with E-state index >= 15 is 0 Å². The summed E-state index contributed by atoms with van der Waals surface area (Å²) in [6, 6.07) is 0. The van der Waals surface area contributed by atoms with Gasteiger partial charge in [0.1, 0.15) is 11.5 Å². The molecule has 0 radical (unpaired) electrons. The van der Waals surface area contributed by atoms with Crippen molar-refractivity contribution in [1.82, 2.24) is 0 Å². The van der Waals surface area contributed by atoms with Crippen molar-refractivity contribution in [2.45, 2.75) is 26.7 Å². The maximum absolute atomic E-state index is 11.7. The third kappa shape index (κ3) is 1.11. The van der Waals surface area contributed by atoms with E-state index in [1.165, 1.54) is 0 Å². The molecule has 3 heteroatoms. The number of hydrogen-bond acceptors (Lipinski definition) is 3. The number of carbonyl (C=O) groups is 1. The Morgan fingerprint density at radius 1 is 1.06 bits per heavy atom. The Hall–Kier alpha value is -1.51. The molecule has 0 bridgehead atoms. The van der Waals surface area contributed by atoms with E-state index in [4.69, 9.17) is 9.47 Å². The van der Waals surface area contributed by atoms with Gasteiger partial charge in [-0.05, 0) is 19.4 Å². The molecule has 0 aliphatic carbocycles. The zero-order chi connectivity index (χ0) is 11.3. The van der Waals surface area contributed by atoms with Gasteiger partial charge in [-0.1, -0.05) is 0 Å². The van der Waals surface area contributed by atoms with E-state index in [-0.39, 0.29) is 5.78 Å². The van der Waals surface area contributed by atoms with Gasteiger partial charge >= 0.3 is 0 Å². The minimum absolute atomic E-state index is 0.0832. The van der Waals surface area contributed by atoms with E-state index < -0.39 is 0 Å². The fourth-order valence-electron chi connectivity index (χ4n) is 2.71. The molecule has 0 N–H and O–H groups in total. The van der Waals surface area contributed by atoms with Gasteiger partial charge in [0, 0.05) is 24.0 Å². The quantitative estimate of drug-likeness (QED) is 0.677. The summed E-state index contributed by atoms with van der Waals surface area (Å²) < 4.78 is 11.3. The summed E-state index contributed by atoms with van der Waals surface area (Å²) >= 11 is 0. The Balaban J connectivity index is 2.36. The average Bonchev–Trinajstić information content (AvgIpc) is 2.84. The largest absolute Gasteiger partial charge is 0.493 e. The SMILES string of the molecule is CC(=O)c1c2c(c(C)c3c1OCC3)OCC2. The highest BCUT2D eigenvalue weighted by Gasteiger charge is 2.31. The lowest BCUT2D eigenvalue weighted by Gasteiger charge is -2.13. The van der Waals surface area contributed by atoms with Crippen LogP contribution in [0.1, 0.15) is 34.0 Å². The standard InChI is InChI=1S/C13H14O3/c1-7-9-3-5-16-13(9)11(8(2)14)10-4-6-15-12(7)10/h3-6H2,1-2H3. The molecule has 3 rings (SSSR count). The van der Waals surface area contributed by atoms with Gasteiger partial charge in [-0.15, -0.1) is 0 Å². The van der Waals surface area contributed by atoms with Crippen molar-refractivity contribution in [3.8, 4) is 11.5 Å². The zero-order valence-electron chi connectivity index (χ0n) is 9.55. The normalized spacial score (nSPS) is 16.4. The van der Waals surface area contributed by atoms with Crippen LogP contribution in [0.2, 0.25) is 0 Å². The smallest absolute Gasteiger partial charge is 0.163 e. The molecule has 2 aliphatic rings. The Bertz CT molecular complexity index is 453. The molecule has 2 aliphatic heterocycles. The second kappa shape index (κ2) is 3.24. The van der Waals surface area contributed by atoms with Crippen LogP contribution in [0.5, 0.6) is 11.5 Å². The highest BCUT2D eigenvalue weighted by Crippen LogP contribution is 2.43. The molecule has 84 valence electrons. The van der Waals surface area contributed by atoms with Crippen molar-refractivity contribution in [2.24, 2.45) is 0 Å². The minimum Gasteiger partial charge on any atom is -0.493 e. The van der Waals surface area contributed by atoms with Crippen molar-refractivity contribution >= 4 is 5.78 Å². The Labute approximate surface area is 94.4 Å². The van der Waals surface area contributed by atoms with Crippen LogP contribution >= 0.6 is 0 Å². The molecule has 0 amide bonds. The first-order chi connectivity index (χ1) is 7.70. The van der Waals surface area contributed by atoms with Gasteiger partial charge in [-0.25, -0.2) is 0 Å². The number of rotatable bonds is 1. The maximum atomic E-state index is 11.7. The predicted octanol–water partition coefficient (Wildman–Crippen LogP) is 2.07. The second-order valence-corrected chi connectivity index (χ2v) is 4.37. The van der Waals surface area contributed by atoms with Crippen molar-refractivity contribution in [3.05, 3.63) is 22.3 Å². The number of hydrogen-bond donors (Lipinski definition) is 0. The van der Waals surface area contributed by atoms with Gasteiger partial charge in [0.05, 0.1) is 18.8 Å². The predicted molar refractivity (Wildman–Crippen MR) is 59.6 cm³/mol. The van der Waals surface area contributed by atoms with Gasteiger partial charge in [0.15, 0.2) is 5.78 Å². The van der Waals surface area contributed by atoms with Gasteiger partial charge in [-0.3, -0.25) is 4.79 Å². The van der Waals surface area contributed by atoms with Crippen LogP contribution in [0.25, 0.3) is 0 Å². The average molecular weight is 218 g/mol. The summed E-state index contributed by atoms with van der Waals surface area (Å²) in [5.74, 6) is 1.82. The van der Waals surface area contributed by atoms with Crippen LogP contribution in [0.3, 0.4) is 0 Å². The lowest BCUT2D eigenvalue weighted by molar-refractivity contribution is 0.101. The van der Waals surface area contributed by atoms with E-state index in [0.717, 1.165) is 46.6 Å². The van der Waals surface area contributed by atoms with Gasteiger partial charge in [0.2, 0.25) is 0 Å². The van der Waals surface area contributed by atoms with E-state index in [0.29, 0.717) is 13.2 Å². The molecule has 1 aromatic rings. The van der Waals surface area contributed by atoms with Crippen LogP contribution in [0.15, 0.2) is 0 Å². The van der Waals surface area contributed by atoms with Crippen molar-refractivity contribution in [3.63, 3.8) is 0 Å². The number of carbonyl (C=O) groups excluding carboxylic acids is 1. The van der Waals surface area contributed by atoms with E-state index in [9.17, 15) is 4.79 Å². The van der Waals surface area contributed by atoms with Crippen molar-refractivity contribution in [1.29, 1.82) is 0 Å². The van der Waals surface area contributed by atoms with E-state index in [1.54, 1.807) is 6.92 Å². The lowest BCUT2D eigenvalue weighted by atomic mass is 9.93. The van der Waals surface area contributed by atoms with Crippen molar-refractivity contribution in [2.75, 3.05) is 13.2 Å². The van der Waals surface area contributed by atoms with Crippen molar-refractivity contribution < 1.29 is 14.3 Å². The van der Waals surface area contributed by atoms with Crippen LogP contribution in [0, 0.1) is 6.92 Å². The molecule has 16 heavy (non-hydrogen) atoms. The molecule has 0 fully saturated rings. The number of ketones is 1. The highest BCUT2D eigenvalue weighted by molar-refractivity contribution is 6.00. The first-order valence-corrected chi connectivity index (χ1v) is 5.65. The lowest BCUT2D eigenvalue weighted by Crippen LogP contribution is -2.03. The van der Waals surface area contributed by atoms with E-state index in [2.05, 4.69) is 6.92 Å². The number of ether oxygens (including phenoxy) is 2. The van der Waals surface area contributed by atoms with Gasteiger partial charge in [-0.2, -0.15) is 0 Å². The molecule has 2 heterocycles. The first-order valence-electron chi connectivity index (χ1n) is 5.65. The molecule has 0 saturated heterocycles. The zero-order valence-corrected chi connectivity index (χ0v) is 9.55. The van der Waals surface area contributed by atoms with Gasteiger partial charge < -0.3 is 9.47 Å². The molecule has 1 aromatic carbocycles. The summed E-state index contributed by atoms with van der Waals surface area (Å²) in [5, 5.41) is 0. The molecule has 3 nitrogen and oxygen atoms in total. The van der Waals surface area contributed by atoms with Crippen LogP contribution in [-0.4, -0.2) is 19.0 Å². The van der Waals surface area contributed by atoms with E-state index in [1.807, 2.05) is 0 Å². The highest BCUT2D eigenvalue weighted by atomic mass is 16.5. The molecule has 0 atom stereocenters. The van der Waals surface area contributed by atoms with Crippen LogP contribution < -0.4 is 9.47 Å². The number of Topliss-reactive ketones (excluding diaryl/α,β-unsaturated/α-hetero) is 1. The molecule has 0 unspecified atom stereocenters. The third-order valence-electron chi connectivity index (χ3n) is 3.42. The summed E-state index contributed by atoms with van der Waals surface area (Å²) in [6.45, 7) is 5.02. The molecular formula is C13H14O3. The molecular weight excluding hydrogens is 204 g/mol. The van der Waals surface area contributed by atoms with Gasteiger partial charge in [0.25, 0.3) is 0 Å². The number of fused-ring (bicyclic) bond motifs is 2. The van der Waals surface area contributed by atoms with Crippen LogP contribution in [0.4, 0.5) is 0 Å². The monoisotopic (exact) mass is 218 g/mol. The molecule has 0 aromatic heterocycles. The second-order valence-electron chi connectivity index (χ2n) is 4.37. The topological polar surface area (TPSA) is 35.5 Å². The fourth-order valence-corrected chi connectivity index (χ4v) is 2.71. The summed E-state index contributed by atoms with van der Waals surface area (Å²) in [6.07, 6.45) is 1.71. The molecule has 0 spiro atoms. The fraction of sp³-hybridized carbons (Fsp3) is 0.462. The molecule has 0 saturated carbocycles. The summed E-state index contributed by atoms with van der Waals surface area (Å²) in [7, 11) is 0. The Kier molecular flexibility index (Phi) is 1.96. The maximum Gasteiger partial charge on any atom is 0.163 e. The minimum atomic E-state index is 0.0832. The van der Waals surface area contributed by atoms with Crippen LogP contribution in [-0.2, 0) is 12.8 Å². The Morgan fingerprint density at radius 2 is 1.69 bits per heavy atom. The third-order valence-corrected chi connectivity index (χ3v) is 3.42. The Morgan fingerprint density at radius 3 is 2.38 bits per heavy atom. The number of benzene rings is 1. The summed E-state index contributed by atoms with van der Waals surface area (Å²) in [5.41, 5.74) is 4.12. The first kappa shape index (κ1) is 9.70.